The highest BCUT2D eigenvalue weighted by Crippen LogP contribution is 2.29. The minimum absolute atomic E-state index is 0.00640. The van der Waals surface area contributed by atoms with Crippen molar-refractivity contribution in [2.45, 2.75) is 135 Å². The summed E-state index contributed by atoms with van der Waals surface area (Å²) in [6, 6.07) is 4.05. The maximum Gasteiger partial charge on any atom is 0.336 e. The smallest absolute Gasteiger partial charge is 0.336 e. The molecule has 3 aromatic carbocycles. The number of nitro benzene ring substituents is 2. The molecule has 7 atom stereocenters. The molecular formula is C62H78N14O23. The number of carbonyl (C=O) groups is 13. The summed E-state index contributed by atoms with van der Waals surface area (Å²) >= 11 is 0. The number of aliphatic carboxylic acids is 3. The number of primary amides is 2. The lowest BCUT2D eigenvalue weighted by Gasteiger charge is -2.28. The van der Waals surface area contributed by atoms with E-state index in [1.165, 1.54) is 46.9 Å². The van der Waals surface area contributed by atoms with E-state index in [0.29, 0.717) is 27.6 Å². The molecule has 99 heavy (non-hydrogen) atoms. The maximum atomic E-state index is 14.1. The number of nitrogens with zero attached hydrogens (tertiary/aromatic N) is 2. The number of rotatable bonds is 38. The Labute approximate surface area is 562 Å². The third kappa shape index (κ3) is 25.5. The highest BCUT2D eigenvalue weighted by molar-refractivity contribution is 6.00. The monoisotopic (exact) mass is 1390 g/mol. The van der Waals surface area contributed by atoms with Gasteiger partial charge in [0.25, 0.3) is 17.3 Å². The van der Waals surface area contributed by atoms with Gasteiger partial charge in [0.05, 0.1) is 48.8 Å². The fourth-order valence-corrected chi connectivity index (χ4v) is 9.78. The SMILES string of the molecule is CC(=O)O.COc1ccc2c(CC(=O)N[C@H](C(=O)N[C@@H](CC(=O)O)C(=O)N[C@@H](CCC(N)=O)C(=O)N[C@H](C(=O)N[C@@H](CC(=O)O)C(=O)NCC(=O)N[C@@H](Cc3c[nH]c4ccccc34)C(=O)N[C@@H](CCCCNc3ccc([N+](=O)[O-])cc3[N+](=O)[O-])C(N)=O)C(C)C)C(C)C)cc(=O)oc2c1. The quantitative estimate of drug-likeness (QED) is 0.0105. The number of hydrogen-bond donors (Lipinski definition) is 15. The van der Waals surface area contributed by atoms with Crippen LogP contribution in [-0.2, 0) is 75.2 Å². The Balaban J connectivity index is 0.00000506. The zero-order valence-electron chi connectivity index (χ0n) is 54.5. The van der Waals surface area contributed by atoms with Gasteiger partial charge in [-0.1, -0.05) is 45.9 Å². The van der Waals surface area contributed by atoms with Crippen molar-refractivity contribution in [3.05, 3.63) is 115 Å². The molecule has 0 aliphatic heterocycles. The molecule has 5 rings (SSSR count). The van der Waals surface area contributed by atoms with Crippen molar-refractivity contribution in [3.63, 3.8) is 0 Å². The number of ether oxygens (including phenoxy) is 1. The van der Waals surface area contributed by atoms with Crippen molar-refractivity contribution in [1.29, 1.82) is 0 Å². The van der Waals surface area contributed by atoms with Crippen LogP contribution in [0.3, 0.4) is 0 Å². The topological polar surface area (TPSA) is 584 Å². The maximum absolute atomic E-state index is 14.1. The van der Waals surface area contributed by atoms with Crippen LogP contribution in [-0.4, -0.2) is 170 Å². The highest BCUT2D eigenvalue weighted by Gasteiger charge is 2.36. The summed E-state index contributed by atoms with van der Waals surface area (Å²) < 4.78 is 10.4. The zero-order chi connectivity index (χ0) is 74.0. The van der Waals surface area contributed by atoms with Crippen molar-refractivity contribution >= 4 is 116 Å². The molecule has 534 valence electrons. The molecule has 0 unspecified atom stereocenters. The van der Waals surface area contributed by atoms with Crippen LogP contribution in [0.2, 0.25) is 0 Å². The number of anilines is 1. The largest absolute Gasteiger partial charge is 0.497 e. The molecule has 37 heteroatoms. The molecule has 37 nitrogen and oxygen atoms in total. The molecule has 0 spiro atoms. The predicted molar refractivity (Wildman–Crippen MR) is 348 cm³/mol. The molecule has 0 aliphatic rings. The van der Waals surface area contributed by atoms with Gasteiger partial charge in [0.15, 0.2) is 0 Å². The Morgan fingerprint density at radius 3 is 1.77 bits per heavy atom. The number of hydrogen-bond acceptors (Lipinski definition) is 21. The van der Waals surface area contributed by atoms with Gasteiger partial charge in [-0.05, 0) is 72.9 Å². The number of aromatic nitrogens is 1. The molecular weight excluding hydrogens is 1310 g/mol. The lowest BCUT2D eigenvalue weighted by molar-refractivity contribution is -0.393. The molecule has 17 N–H and O–H groups in total. The summed E-state index contributed by atoms with van der Waals surface area (Å²) in [7, 11) is 1.40. The van der Waals surface area contributed by atoms with E-state index < -0.39 is 197 Å². The molecule has 2 aromatic heterocycles. The normalized spacial score (nSPS) is 13.0. The first-order valence-corrected chi connectivity index (χ1v) is 30.5. The van der Waals surface area contributed by atoms with Gasteiger partial charge < -0.3 is 88.8 Å². The van der Waals surface area contributed by atoms with Gasteiger partial charge in [0.1, 0.15) is 59.3 Å². The van der Waals surface area contributed by atoms with E-state index in [4.69, 9.17) is 30.5 Å². The number of nitro groups is 2. The molecule has 0 saturated heterocycles. The first-order valence-electron chi connectivity index (χ1n) is 30.5. The number of methoxy groups -OCH3 is 1. The highest BCUT2D eigenvalue weighted by atomic mass is 16.6. The number of amides is 10. The molecule has 2 heterocycles. The van der Waals surface area contributed by atoms with Crippen molar-refractivity contribution in [1.82, 2.24) is 47.5 Å². The number of carbonyl (C=O) groups excluding carboxylic acids is 10. The zero-order valence-corrected chi connectivity index (χ0v) is 54.5. The minimum Gasteiger partial charge on any atom is -0.497 e. The van der Waals surface area contributed by atoms with Gasteiger partial charge >= 0.3 is 17.6 Å². The predicted octanol–water partition coefficient (Wildman–Crippen LogP) is -0.220. The van der Waals surface area contributed by atoms with Crippen molar-refractivity contribution in [2.75, 3.05) is 25.5 Å². The third-order valence-electron chi connectivity index (χ3n) is 14.7. The number of carboxylic acids is 3. The third-order valence-corrected chi connectivity index (χ3v) is 14.7. The fourth-order valence-electron chi connectivity index (χ4n) is 9.78. The van der Waals surface area contributed by atoms with Gasteiger partial charge in [-0.3, -0.25) is 82.6 Å². The minimum atomic E-state index is -1.96. The Hall–Kier alpha value is -12.1. The number of carboxylic acid groups (broad SMARTS) is 3. The Kier molecular flexibility index (Phi) is 30.4. The summed E-state index contributed by atoms with van der Waals surface area (Å²) in [6.45, 7) is 6.14. The lowest BCUT2D eigenvalue weighted by Crippen LogP contribution is -2.61. The van der Waals surface area contributed by atoms with Gasteiger partial charge in [0.2, 0.25) is 59.1 Å². The summed E-state index contributed by atoms with van der Waals surface area (Å²) in [6.07, 6.45) is -2.00. The van der Waals surface area contributed by atoms with Crippen LogP contribution in [0.1, 0.15) is 90.7 Å². The van der Waals surface area contributed by atoms with Crippen LogP contribution < -0.4 is 69.7 Å². The number of nitrogens with two attached hydrogens (primary N) is 2. The molecule has 10 amide bonds. The lowest BCUT2D eigenvalue weighted by atomic mass is 10.0. The first-order chi connectivity index (χ1) is 46.6. The average molecular weight is 1390 g/mol. The summed E-state index contributed by atoms with van der Waals surface area (Å²) in [4.78, 5) is 205. The van der Waals surface area contributed by atoms with E-state index in [0.717, 1.165) is 25.1 Å². The second-order valence-electron chi connectivity index (χ2n) is 23.1. The molecule has 0 bridgehead atoms. The van der Waals surface area contributed by atoms with Crippen LogP contribution in [0.25, 0.3) is 21.9 Å². The van der Waals surface area contributed by atoms with Crippen LogP contribution in [0.4, 0.5) is 17.1 Å². The summed E-state index contributed by atoms with van der Waals surface area (Å²) in [5.41, 5.74) is 10.7. The van der Waals surface area contributed by atoms with Crippen LogP contribution in [0.5, 0.6) is 5.75 Å². The fraction of sp³-hybridized carbons (Fsp3) is 0.419. The van der Waals surface area contributed by atoms with Crippen LogP contribution in [0, 0.1) is 32.1 Å². The molecule has 0 fully saturated rings. The van der Waals surface area contributed by atoms with E-state index in [1.54, 1.807) is 42.6 Å². The number of para-hydroxylation sites is 1. The molecule has 0 aliphatic carbocycles. The number of benzene rings is 3. The van der Waals surface area contributed by atoms with Crippen molar-refractivity contribution < 1.29 is 96.6 Å². The van der Waals surface area contributed by atoms with Gasteiger partial charge in [-0.2, -0.15) is 0 Å². The van der Waals surface area contributed by atoms with Crippen LogP contribution in [0.15, 0.2) is 82.1 Å². The number of non-ortho nitro benzene ring substituents is 1. The summed E-state index contributed by atoms with van der Waals surface area (Å²) in [5, 5.41) is 72.5. The van der Waals surface area contributed by atoms with Crippen LogP contribution >= 0.6 is 0 Å². The van der Waals surface area contributed by atoms with Crippen molar-refractivity contribution in [2.24, 2.45) is 23.3 Å². The number of fused-ring (bicyclic) bond motifs is 2. The Morgan fingerprint density at radius 2 is 1.19 bits per heavy atom. The molecule has 0 saturated carbocycles. The first kappa shape index (κ1) is 79.4. The van der Waals surface area contributed by atoms with Gasteiger partial charge in [-0.15, -0.1) is 0 Å². The molecule has 5 aromatic rings. The number of unbranched alkanes of at least 4 members (excludes halogenated alkanes) is 1. The number of H-pyrrole nitrogens is 1. The molecule has 0 radical (unpaired) electrons. The second-order valence-corrected chi connectivity index (χ2v) is 23.1. The second kappa shape index (κ2) is 37.9. The average Bonchev–Trinajstić information content (AvgIpc) is 1.53. The van der Waals surface area contributed by atoms with E-state index in [9.17, 15) is 92.8 Å². The Bertz CT molecular complexity index is 3900. The van der Waals surface area contributed by atoms with E-state index in [-0.39, 0.29) is 49.1 Å². The number of aromatic amines is 1. The standard InChI is InChI=1S/C60H74N14O21.C2H4O2/c1-29(2)52(71-47(76)21-31-22-51(82)95-45-24-34(94-5)14-15-36(31)45)59(88)70-43(26-50(80)81)58(87)68-40(17-18-46(61)75)56(85)72-53(30(3)4)60(89)69-42(25-49(78)79)55(84)65-28-48(77)66-41(20-32-27-64-37-11-7-6-10-35(32)37)57(86)67-39(54(62)83)12-8-9-19-63-38-16-13-33(73(90)91)23-44(38)74(92)93;1-2(3)4/h6-7,10-11,13-16,22-24,27,29-30,39-43,52-53,63-64H,8-9,12,17-21,25-26,28H2,1-5H3,(H2,61,75)(H2,62,83)(H,65,84)(H,66,77)(H,67,86)(H,68,87)(H,69,89)(H,70,88)(H,71,76)(H,72,85)(H,78,79)(H,80,81);1H3,(H,3,4)/t39-,40-,41-,42-,43-,52-,53-;/m0./s1. The van der Waals surface area contributed by atoms with E-state index >= 15 is 0 Å². The van der Waals surface area contributed by atoms with E-state index in [1.807, 2.05) is 0 Å². The van der Waals surface area contributed by atoms with E-state index in [2.05, 4.69) is 52.8 Å². The van der Waals surface area contributed by atoms with Gasteiger partial charge in [-0.25, -0.2) is 4.79 Å². The Morgan fingerprint density at radius 1 is 0.616 bits per heavy atom. The van der Waals surface area contributed by atoms with Crippen molar-refractivity contribution in [3.8, 4) is 5.75 Å². The van der Waals surface area contributed by atoms with Gasteiger partial charge in [0, 0.05) is 67.0 Å². The summed E-state index contributed by atoms with van der Waals surface area (Å²) in [5.74, 6) is -15.9. The number of nitrogens with one attached hydrogen (secondary N) is 10.